The first-order chi connectivity index (χ1) is 14.6. The minimum atomic E-state index is -1.19. The van der Waals surface area contributed by atoms with Crippen molar-refractivity contribution in [1.29, 1.82) is 0 Å². The van der Waals surface area contributed by atoms with Crippen LogP contribution in [0.2, 0.25) is 0 Å². The Balaban J connectivity index is 1.42. The van der Waals surface area contributed by atoms with Crippen LogP contribution >= 0.6 is 0 Å². The quantitative estimate of drug-likeness (QED) is 0.317. The van der Waals surface area contributed by atoms with Crippen LogP contribution < -0.4 is 16.4 Å². The highest BCUT2D eigenvalue weighted by molar-refractivity contribution is 5.66. The van der Waals surface area contributed by atoms with Gasteiger partial charge in [0, 0.05) is 18.8 Å². The van der Waals surface area contributed by atoms with Crippen LogP contribution in [0, 0.1) is 0 Å². The number of aromatic hydroxyl groups is 1. The topological polar surface area (TPSA) is 122 Å². The van der Waals surface area contributed by atoms with Crippen molar-refractivity contribution in [3.8, 4) is 5.75 Å². The second-order valence-electron chi connectivity index (χ2n) is 7.63. The highest BCUT2D eigenvalue weighted by atomic mass is 16.3. The number of phenolic OH excluding ortho intramolecular Hbond substituents is 1. The third-order valence-electron chi connectivity index (χ3n) is 5.33. The summed E-state index contributed by atoms with van der Waals surface area (Å²) in [5.41, 5.74) is 9.39. The summed E-state index contributed by atoms with van der Waals surface area (Å²) < 4.78 is 0. The highest BCUT2D eigenvalue weighted by Crippen LogP contribution is 2.29. The zero-order valence-corrected chi connectivity index (χ0v) is 16.8. The van der Waals surface area contributed by atoms with E-state index in [0.29, 0.717) is 23.7 Å². The molecular weight excluding hydrogens is 380 g/mol. The van der Waals surface area contributed by atoms with E-state index in [-0.39, 0.29) is 5.75 Å². The molecule has 7 N–H and O–H groups in total. The van der Waals surface area contributed by atoms with Gasteiger partial charge in [-0.1, -0.05) is 24.3 Å². The minimum absolute atomic E-state index is 0.219. The van der Waals surface area contributed by atoms with E-state index >= 15 is 0 Å². The monoisotopic (exact) mass is 408 g/mol. The number of aromatic amines is 1. The zero-order valence-electron chi connectivity index (χ0n) is 16.8. The lowest BCUT2D eigenvalue weighted by Crippen LogP contribution is -2.18. The number of hydrogen-bond acceptors (Lipinski definition) is 7. The van der Waals surface area contributed by atoms with Gasteiger partial charge in [0.25, 0.3) is 0 Å². The number of hydrogen-bond donors (Lipinski definition) is 6. The Morgan fingerprint density at radius 1 is 1.03 bits per heavy atom. The predicted octanol–water partition coefficient (Wildman–Crippen LogP) is 3.02. The number of likely N-dealkylation sites (tertiary alicyclic amines) is 1. The van der Waals surface area contributed by atoms with E-state index in [2.05, 4.69) is 37.9 Å². The molecule has 4 rings (SSSR count). The van der Waals surface area contributed by atoms with Crippen molar-refractivity contribution in [3.63, 3.8) is 0 Å². The summed E-state index contributed by atoms with van der Waals surface area (Å²) in [6, 6.07) is 15.1. The third kappa shape index (κ3) is 4.91. The molecule has 1 fully saturated rings. The molecule has 0 spiro atoms. The van der Waals surface area contributed by atoms with Crippen molar-refractivity contribution in [2.24, 2.45) is 5.73 Å². The van der Waals surface area contributed by atoms with Gasteiger partial charge in [-0.2, -0.15) is 5.10 Å². The van der Waals surface area contributed by atoms with Crippen molar-refractivity contribution in [1.82, 2.24) is 15.1 Å². The van der Waals surface area contributed by atoms with Crippen molar-refractivity contribution in [3.05, 3.63) is 65.2 Å². The van der Waals surface area contributed by atoms with E-state index in [4.69, 9.17) is 5.73 Å². The standard InChI is InChI=1S/C22H28N6O2/c23-20(30)19-21(24-13-15-5-9-18(29)10-6-15)26-27-22(19)25-17-7-3-16(4-8-17)14-28-11-1-2-12-28/h3-10,20,29-30H,1-2,11-14,23H2,(H3,24,25,26,27). The fourth-order valence-corrected chi connectivity index (χ4v) is 3.70. The van der Waals surface area contributed by atoms with Gasteiger partial charge in [0.2, 0.25) is 0 Å². The molecule has 2 aromatic carbocycles. The number of benzene rings is 2. The molecule has 1 aliphatic rings. The largest absolute Gasteiger partial charge is 0.508 e. The Labute approximate surface area is 175 Å². The van der Waals surface area contributed by atoms with Gasteiger partial charge in [-0.05, 0) is 61.3 Å². The van der Waals surface area contributed by atoms with Crippen LogP contribution in [-0.4, -0.2) is 38.4 Å². The maximum Gasteiger partial charge on any atom is 0.161 e. The molecule has 8 nitrogen and oxygen atoms in total. The van der Waals surface area contributed by atoms with Crippen LogP contribution in [0.25, 0.3) is 0 Å². The molecule has 1 unspecified atom stereocenters. The number of aromatic nitrogens is 2. The number of anilines is 3. The van der Waals surface area contributed by atoms with E-state index in [1.807, 2.05) is 24.3 Å². The second-order valence-corrected chi connectivity index (χ2v) is 7.63. The Morgan fingerprint density at radius 2 is 1.70 bits per heavy atom. The lowest BCUT2D eigenvalue weighted by molar-refractivity contribution is 0.187. The number of nitrogens with zero attached hydrogens (tertiary/aromatic N) is 2. The molecule has 1 aliphatic heterocycles. The van der Waals surface area contributed by atoms with Crippen LogP contribution in [0.1, 0.15) is 35.8 Å². The summed E-state index contributed by atoms with van der Waals surface area (Å²) in [6.07, 6.45) is 1.38. The van der Waals surface area contributed by atoms with Crippen LogP contribution in [0.4, 0.5) is 17.3 Å². The molecule has 1 saturated heterocycles. The van der Waals surface area contributed by atoms with Crippen molar-refractivity contribution < 1.29 is 10.2 Å². The molecule has 0 saturated carbocycles. The number of nitrogens with one attached hydrogen (secondary N) is 3. The Bertz CT molecular complexity index is 947. The number of phenols is 1. The molecule has 3 aromatic rings. The molecule has 0 bridgehead atoms. The van der Waals surface area contributed by atoms with E-state index in [1.165, 1.54) is 31.5 Å². The van der Waals surface area contributed by atoms with E-state index in [9.17, 15) is 10.2 Å². The summed E-state index contributed by atoms with van der Waals surface area (Å²) in [4.78, 5) is 2.46. The van der Waals surface area contributed by atoms with Crippen LogP contribution in [0.3, 0.4) is 0 Å². The molecule has 30 heavy (non-hydrogen) atoms. The second kappa shape index (κ2) is 9.17. The van der Waals surface area contributed by atoms with Crippen molar-refractivity contribution in [2.75, 3.05) is 23.7 Å². The number of aliphatic hydroxyl groups excluding tert-OH is 1. The van der Waals surface area contributed by atoms with Crippen molar-refractivity contribution >= 4 is 17.3 Å². The Hall–Kier alpha value is -3.07. The predicted molar refractivity (Wildman–Crippen MR) is 117 cm³/mol. The third-order valence-corrected chi connectivity index (χ3v) is 5.33. The smallest absolute Gasteiger partial charge is 0.161 e. The SMILES string of the molecule is NC(O)c1c(Nc2ccc(CN3CCCC3)cc2)n[nH]c1NCc1ccc(O)cc1. The Kier molecular flexibility index (Phi) is 6.18. The fourth-order valence-electron chi connectivity index (χ4n) is 3.70. The fraction of sp³-hybridized carbons (Fsp3) is 0.318. The molecule has 1 atom stereocenters. The highest BCUT2D eigenvalue weighted by Gasteiger charge is 2.18. The molecule has 158 valence electrons. The van der Waals surface area contributed by atoms with E-state index in [1.54, 1.807) is 12.1 Å². The summed E-state index contributed by atoms with van der Waals surface area (Å²) >= 11 is 0. The minimum Gasteiger partial charge on any atom is -0.508 e. The summed E-state index contributed by atoms with van der Waals surface area (Å²) in [7, 11) is 0. The van der Waals surface area contributed by atoms with Crippen LogP contribution in [0.5, 0.6) is 5.75 Å². The first kappa shape index (κ1) is 20.2. The normalized spacial score (nSPS) is 15.3. The summed E-state index contributed by atoms with van der Waals surface area (Å²) in [5, 5.41) is 33.1. The number of nitrogens with two attached hydrogens (primary N) is 1. The number of rotatable bonds is 8. The van der Waals surface area contributed by atoms with Gasteiger partial charge >= 0.3 is 0 Å². The van der Waals surface area contributed by atoms with Gasteiger partial charge in [0.1, 0.15) is 17.8 Å². The van der Waals surface area contributed by atoms with Gasteiger partial charge in [-0.25, -0.2) is 0 Å². The van der Waals surface area contributed by atoms with Gasteiger partial charge < -0.3 is 26.6 Å². The number of aliphatic hydroxyl groups is 1. The summed E-state index contributed by atoms with van der Waals surface area (Å²) in [5.74, 6) is 1.24. The van der Waals surface area contributed by atoms with Crippen molar-refractivity contribution in [2.45, 2.75) is 32.2 Å². The van der Waals surface area contributed by atoms with Crippen LogP contribution in [0.15, 0.2) is 48.5 Å². The molecule has 0 amide bonds. The van der Waals surface area contributed by atoms with Gasteiger partial charge in [-0.15, -0.1) is 0 Å². The Morgan fingerprint density at radius 3 is 2.37 bits per heavy atom. The maximum absolute atomic E-state index is 10.1. The lowest BCUT2D eigenvalue weighted by atomic mass is 10.2. The zero-order chi connectivity index (χ0) is 20.9. The first-order valence-electron chi connectivity index (χ1n) is 10.2. The van der Waals surface area contributed by atoms with Gasteiger partial charge in [-0.3, -0.25) is 10.00 Å². The van der Waals surface area contributed by atoms with Crippen LogP contribution in [-0.2, 0) is 13.1 Å². The maximum atomic E-state index is 10.1. The molecule has 1 aromatic heterocycles. The molecule has 2 heterocycles. The first-order valence-corrected chi connectivity index (χ1v) is 10.2. The number of H-pyrrole nitrogens is 1. The average Bonchev–Trinajstić information content (AvgIpc) is 3.39. The molecule has 0 radical (unpaired) electrons. The lowest BCUT2D eigenvalue weighted by Gasteiger charge is -2.15. The van der Waals surface area contributed by atoms with E-state index < -0.39 is 6.23 Å². The summed E-state index contributed by atoms with van der Waals surface area (Å²) in [6.45, 7) is 3.81. The molecular formula is C22H28N6O2. The average molecular weight is 409 g/mol. The van der Waals surface area contributed by atoms with Gasteiger partial charge in [0.15, 0.2) is 5.82 Å². The molecule has 0 aliphatic carbocycles. The van der Waals surface area contributed by atoms with Gasteiger partial charge in [0.05, 0.1) is 5.56 Å². The molecule has 8 heteroatoms. The van der Waals surface area contributed by atoms with E-state index in [0.717, 1.165) is 17.8 Å².